The number of fused-ring (bicyclic) bond motifs is 1. The van der Waals surface area contributed by atoms with Gasteiger partial charge in [0, 0.05) is 24.1 Å². The van der Waals surface area contributed by atoms with Crippen LogP contribution in [0.15, 0.2) is 54.6 Å². The summed E-state index contributed by atoms with van der Waals surface area (Å²) in [6.45, 7) is 3.11. The summed E-state index contributed by atoms with van der Waals surface area (Å²) in [7, 11) is 1.65. The lowest BCUT2D eigenvalue weighted by Crippen LogP contribution is -2.10. The highest BCUT2D eigenvalue weighted by Gasteiger charge is 2.16. The molecule has 1 N–H and O–H groups in total. The van der Waals surface area contributed by atoms with Gasteiger partial charge in [0.25, 0.3) is 0 Å². The molecule has 0 aliphatic rings. The van der Waals surface area contributed by atoms with Gasteiger partial charge in [-0.15, -0.1) is 11.3 Å². The first-order chi connectivity index (χ1) is 13.7. The van der Waals surface area contributed by atoms with Gasteiger partial charge < -0.3 is 10.1 Å². The van der Waals surface area contributed by atoms with Gasteiger partial charge in [-0.05, 0) is 36.2 Å². The van der Waals surface area contributed by atoms with Gasteiger partial charge in [0.15, 0.2) is 0 Å². The minimum Gasteiger partial charge on any atom is -0.383 e. The number of thiophene rings is 1. The average molecular weight is 393 g/mol. The smallest absolute Gasteiger partial charge is 0.223 e. The number of hydrogen-bond donors (Lipinski definition) is 1. The van der Waals surface area contributed by atoms with Crippen molar-refractivity contribution in [3.8, 4) is 21.7 Å². The predicted octanol–water partition coefficient (Wildman–Crippen LogP) is 5.53. The molecule has 0 aliphatic carbocycles. The summed E-state index contributed by atoms with van der Waals surface area (Å²) in [4.78, 5) is 10.5. The SMILES string of the molecule is COCCNc1nc(-c2cc(F)ccc2C)c2sc(-c3ccccc3)cc2n1. The maximum Gasteiger partial charge on any atom is 0.223 e. The molecule has 0 saturated heterocycles. The minimum atomic E-state index is -0.277. The van der Waals surface area contributed by atoms with Crippen LogP contribution < -0.4 is 5.32 Å². The fraction of sp³-hybridized carbons (Fsp3) is 0.182. The third-order valence-electron chi connectivity index (χ3n) is 4.47. The zero-order valence-electron chi connectivity index (χ0n) is 15.7. The van der Waals surface area contributed by atoms with Crippen LogP contribution in [0.5, 0.6) is 0 Å². The van der Waals surface area contributed by atoms with E-state index in [9.17, 15) is 4.39 Å². The fourth-order valence-corrected chi connectivity index (χ4v) is 4.16. The third kappa shape index (κ3) is 3.74. The zero-order chi connectivity index (χ0) is 19.5. The van der Waals surface area contributed by atoms with E-state index in [2.05, 4.69) is 28.5 Å². The second kappa shape index (κ2) is 8.04. The molecule has 0 radical (unpaired) electrons. The number of aryl methyl sites for hydroxylation is 1. The van der Waals surface area contributed by atoms with Crippen LogP contribution in [0.25, 0.3) is 31.9 Å². The van der Waals surface area contributed by atoms with E-state index in [0.29, 0.717) is 19.1 Å². The van der Waals surface area contributed by atoms with Crippen molar-refractivity contribution < 1.29 is 9.13 Å². The number of methoxy groups -OCH3 is 1. The molecule has 4 nitrogen and oxygen atoms in total. The zero-order valence-corrected chi connectivity index (χ0v) is 16.5. The number of nitrogens with one attached hydrogen (secondary N) is 1. The molecule has 0 aliphatic heterocycles. The lowest BCUT2D eigenvalue weighted by atomic mass is 10.0. The largest absolute Gasteiger partial charge is 0.383 e. The van der Waals surface area contributed by atoms with E-state index in [1.54, 1.807) is 24.5 Å². The summed E-state index contributed by atoms with van der Waals surface area (Å²) in [5.41, 5.74) is 4.47. The van der Waals surface area contributed by atoms with E-state index in [1.807, 2.05) is 25.1 Å². The first-order valence-corrected chi connectivity index (χ1v) is 9.83. The van der Waals surface area contributed by atoms with Gasteiger partial charge in [0.2, 0.25) is 5.95 Å². The molecule has 2 heterocycles. The monoisotopic (exact) mass is 393 g/mol. The number of anilines is 1. The van der Waals surface area contributed by atoms with Crippen molar-refractivity contribution in [1.82, 2.24) is 9.97 Å². The topological polar surface area (TPSA) is 47.0 Å². The van der Waals surface area contributed by atoms with E-state index in [4.69, 9.17) is 9.72 Å². The Balaban J connectivity index is 1.89. The number of benzene rings is 2. The van der Waals surface area contributed by atoms with Crippen molar-refractivity contribution in [3.05, 3.63) is 66.0 Å². The number of hydrogen-bond acceptors (Lipinski definition) is 5. The van der Waals surface area contributed by atoms with Crippen LogP contribution in [0.4, 0.5) is 10.3 Å². The van der Waals surface area contributed by atoms with Crippen LogP contribution in [0.3, 0.4) is 0 Å². The maximum atomic E-state index is 14.0. The molecule has 4 aromatic rings. The molecule has 0 spiro atoms. The summed E-state index contributed by atoms with van der Waals surface area (Å²) in [5.74, 6) is 0.238. The van der Waals surface area contributed by atoms with Gasteiger partial charge in [-0.25, -0.2) is 14.4 Å². The van der Waals surface area contributed by atoms with Gasteiger partial charge >= 0.3 is 0 Å². The van der Waals surface area contributed by atoms with E-state index < -0.39 is 0 Å². The molecule has 0 bridgehead atoms. The number of aromatic nitrogens is 2. The van der Waals surface area contributed by atoms with Gasteiger partial charge in [-0.2, -0.15) is 0 Å². The standard InChI is InChI=1S/C22H20FN3OS/c1-14-8-9-16(23)12-17(14)20-21-18(25-22(26-20)24-10-11-27-2)13-19(28-21)15-6-4-3-5-7-15/h3-9,12-13H,10-11H2,1-2H3,(H,24,25,26). The van der Waals surface area contributed by atoms with Gasteiger partial charge in [-0.1, -0.05) is 36.4 Å². The van der Waals surface area contributed by atoms with Gasteiger partial charge in [0.05, 0.1) is 22.5 Å². The first kappa shape index (κ1) is 18.5. The van der Waals surface area contributed by atoms with Crippen LogP contribution in [0.1, 0.15) is 5.56 Å². The lowest BCUT2D eigenvalue weighted by Gasteiger charge is -2.10. The average Bonchev–Trinajstić information content (AvgIpc) is 3.14. The lowest BCUT2D eigenvalue weighted by molar-refractivity contribution is 0.210. The second-order valence-electron chi connectivity index (χ2n) is 6.47. The van der Waals surface area contributed by atoms with Crippen LogP contribution in [-0.2, 0) is 4.74 Å². The number of ether oxygens (including phenoxy) is 1. The summed E-state index contributed by atoms with van der Waals surface area (Å²) in [6.07, 6.45) is 0. The van der Waals surface area contributed by atoms with Crippen molar-refractivity contribution in [2.24, 2.45) is 0 Å². The second-order valence-corrected chi connectivity index (χ2v) is 7.52. The Hall–Kier alpha value is -2.83. The molecular formula is C22H20FN3OS. The molecule has 6 heteroatoms. The van der Waals surface area contributed by atoms with Crippen molar-refractivity contribution >= 4 is 27.5 Å². The van der Waals surface area contributed by atoms with Crippen LogP contribution >= 0.6 is 11.3 Å². The minimum absolute atomic E-state index is 0.277. The van der Waals surface area contributed by atoms with Crippen molar-refractivity contribution in [2.45, 2.75) is 6.92 Å². The summed E-state index contributed by atoms with van der Waals surface area (Å²) in [5, 5.41) is 3.19. The molecule has 28 heavy (non-hydrogen) atoms. The van der Waals surface area contributed by atoms with E-state index in [1.165, 1.54) is 12.1 Å². The predicted molar refractivity (Wildman–Crippen MR) is 113 cm³/mol. The molecule has 0 fully saturated rings. The van der Waals surface area contributed by atoms with Crippen molar-refractivity contribution in [2.75, 3.05) is 25.6 Å². The van der Waals surface area contributed by atoms with Crippen molar-refractivity contribution in [3.63, 3.8) is 0 Å². The van der Waals surface area contributed by atoms with E-state index in [0.717, 1.165) is 37.5 Å². The van der Waals surface area contributed by atoms with Crippen LogP contribution in [0.2, 0.25) is 0 Å². The van der Waals surface area contributed by atoms with Crippen LogP contribution in [-0.4, -0.2) is 30.2 Å². The Kier molecular flexibility index (Phi) is 5.32. The quantitative estimate of drug-likeness (QED) is 0.438. The molecule has 0 unspecified atom stereocenters. The highest BCUT2D eigenvalue weighted by molar-refractivity contribution is 7.22. The molecule has 0 atom stereocenters. The van der Waals surface area contributed by atoms with E-state index >= 15 is 0 Å². The van der Waals surface area contributed by atoms with Crippen LogP contribution in [0, 0.1) is 12.7 Å². The highest BCUT2D eigenvalue weighted by atomic mass is 32.1. The summed E-state index contributed by atoms with van der Waals surface area (Å²) in [6, 6.07) is 17.0. The Morgan fingerprint density at radius 3 is 2.68 bits per heavy atom. The van der Waals surface area contributed by atoms with Crippen molar-refractivity contribution in [1.29, 1.82) is 0 Å². The molecule has 142 valence electrons. The Morgan fingerprint density at radius 1 is 1.07 bits per heavy atom. The molecule has 2 aromatic heterocycles. The number of halogens is 1. The molecule has 4 rings (SSSR count). The Labute approximate surface area is 167 Å². The summed E-state index contributed by atoms with van der Waals surface area (Å²) < 4.78 is 20.0. The fourth-order valence-electron chi connectivity index (χ4n) is 3.05. The maximum absolute atomic E-state index is 14.0. The Bertz CT molecular complexity index is 1110. The molecule has 2 aromatic carbocycles. The first-order valence-electron chi connectivity index (χ1n) is 9.02. The summed E-state index contributed by atoms with van der Waals surface area (Å²) >= 11 is 1.62. The normalized spacial score (nSPS) is 11.1. The highest BCUT2D eigenvalue weighted by Crippen LogP contribution is 2.39. The number of nitrogens with zero attached hydrogens (tertiary/aromatic N) is 2. The van der Waals surface area contributed by atoms with Gasteiger partial charge in [-0.3, -0.25) is 0 Å². The Morgan fingerprint density at radius 2 is 1.89 bits per heavy atom. The van der Waals surface area contributed by atoms with Gasteiger partial charge in [0.1, 0.15) is 5.82 Å². The third-order valence-corrected chi connectivity index (χ3v) is 5.65. The molecule has 0 amide bonds. The molecule has 0 saturated carbocycles. The number of rotatable bonds is 6. The van der Waals surface area contributed by atoms with E-state index in [-0.39, 0.29) is 5.82 Å². The molecular weight excluding hydrogens is 373 g/mol.